The van der Waals surface area contributed by atoms with Gasteiger partial charge in [0.15, 0.2) is 0 Å². The fourth-order valence-corrected chi connectivity index (χ4v) is 3.37. The fraction of sp³-hybridized carbons (Fsp3) is 0.316. The number of pyridine rings is 1. The molecule has 1 aromatic carbocycles. The molecule has 122 valence electrons. The van der Waals surface area contributed by atoms with Crippen LogP contribution in [-0.2, 0) is 0 Å². The van der Waals surface area contributed by atoms with Crippen molar-refractivity contribution in [3.8, 4) is 6.07 Å². The van der Waals surface area contributed by atoms with Gasteiger partial charge >= 0.3 is 0 Å². The maximum atomic E-state index is 12.3. The molecule has 24 heavy (non-hydrogen) atoms. The number of amides is 1. The van der Waals surface area contributed by atoms with Gasteiger partial charge in [-0.15, -0.1) is 0 Å². The summed E-state index contributed by atoms with van der Waals surface area (Å²) in [4.78, 5) is 18.9. The summed E-state index contributed by atoms with van der Waals surface area (Å²) in [5.74, 6) is 0.217. The fourth-order valence-electron chi connectivity index (χ4n) is 3.37. The van der Waals surface area contributed by atoms with Crippen molar-refractivity contribution in [1.29, 1.82) is 5.26 Å². The Morgan fingerprint density at radius 2 is 2.29 bits per heavy atom. The van der Waals surface area contributed by atoms with Crippen molar-refractivity contribution in [3.05, 3.63) is 65.5 Å². The molecule has 2 atom stereocenters. The Morgan fingerprint density at radius 1 is 1.42 bits per heavy atom. The van der Waals surface area contributed by atoms with E-state index in [1.807, 2.05) is 12.3 Å². The maximum Gasteiger partial charge on any atom is 0.251 e. The maximum absolute atomic E-state index is 12.3. The highest BCUT2D eigenvalue weighted by molar-refractivity contribution is 5.94. The lowest BCUT2D eigenvalue weighted by atomic mass is 9.94. The van der Waals surface area contributed by atoms with E-state index in [0.717, 1.165) is 13.0 Å². The summed E-state index contributed by atoms with van der Waals surface area (Å²) in [6, 6.07) is 13.1. The van der Waals surface area contributed by atoms with E-state index in [4.69, 9.17) is 5.26 Å². The molecule has 1 N–H and O–H groups in total. The smallest absolute Gasteiger partial charge is 0.251 e. The van der Waals surface area contributed by atoms with Crippen LogP contribution in [0.4, 0.5) is 0 Å². The highest BCUT2D eigenvalue weighted by Gasteiger charge is 2.33. The lowest BCUT2D eigenvalue weighted by molar-refractivity contribution is 0.0943. The largest absolute Gasteiger partial charge is 0.352 e. The topological polar surface area (TPSA) is 69.0 Å². The van der Waals surface area contributed by atoms with Crippen LogP contribution in [0.1, 0.15) is 33.9 Å². The third-order valence-corrected chi connectivity index (χ3v) is 4.58. The minimum Gasteiger partial charge on any atom is -0.352 e. The molecule has 5 nitrogen and oxygen atoms in total. The van der Waals surface area contributed by atoms with Crippen molar-refractivity contribution >= 4 is 5.91 Å². The lowest BCUT2D eigenvalue weighted by Crippen LogP contribution is -2.32. The van der Waals surface area contributed by atoms with Crippen LogP contribution < -0.4 is 5.32 Å². The van der Waals surface area contributed by atoms with Crippen molar-refractivity contribution in [2.45, 2.75) is 12.5 Å². The predicted octanol–water partition coefficient (Wildman–Crippen LogP) is 2.38. The normalized spacial score (nSPS) is 20.5. The first-order chi connectivity index (χ1) is 11.7. The summed E-state index contributed by atoms with van der Waals surface area (Å²) < 4.78 is 0. The van der Waals surface area contributed by atoms with Crippen LogP contribution in [0.25, 0.3) is 0 Å². The van der Waals surface area contributed by atoms with E-state index in [9.17, 15) is 4.79 Å². The Labute approximate surface area is 141 Å². The average Bonchev–Trinajstić information content (AvgIpc) is 3.01. The van der Waals surface area contributed by atoms with Crippen molar-refractivity contribution in [2.75, 3.05) is 20.1 Å². The zero-order chi connectivity index (χ0) is 16.9. The number of likely N-dealkylation sites (tertiary alicyclic amines) is 1. The van der Waals surface area contributed by atoms with Gasteiger partial charge in [0, 0.05) is 30.5 Å². The third-order valence-electron chi connectivity index (χ3n) is 4.58. The number of hydrogen-bond acceptors (Lipinski definition) is 4. The number of nitrogens with one attached hydrogen (secondary N) is 1. The van der Waals surface area contributed by atoms with Crippen molar-refractivity contribution in [1.82, 2.24) is 15.2 Å². The van der Waals surface area contributed by atoms with Crippen molar-refractivity contribution < 1.29 is 4.79 Å². The zero-order valence-electron chi connectivity index (χ0n) is 13.6. The molecule has 1 aliphatic heterocycles. The summed E-state index contributed by atoms with van der Waals surface area (Å²) in [5, 5.41) is 12.0. The minimum atomic E-state index is -0.133. The van der Waals surface area contributed by atoms with Crippen LogP contribution in [0.5, 0.6) is 0 Å². The molecule has 2 heterocycles. The van der Waals surface area contributed by atoms with Gasteiger partial charge in [0.2, 0.25) is 0 Å². The number of carbonyl (C=O) groups is 1. The van der Waals surface area contributed by atoms with Gasteiger partial charge in [-0.25, -0.2) is 0 Å². The standard InChI is InChI=1S/C19H20N4O/c1-23-9-7-17(18(23)16-6-3-8-21-12-16)13-22-19(24)15-5-2-4-14(10-15)11-20/h2-6,8,10,12,17-18H,7,9,13H2,1H3,(H,22,24)/t17-,18-/m0/s1. The molecule has 5 heteroatoms. The summed E-state index contributed by atoms with van der Waals surface area (Å²) in [5.41, 5.74) is 2.21. The number of aromatic nitrogens is 1. The van der Waals surface area contributed by atoms with Gasteiger partial charge in [-0.3, -0.25) is 14.7 Å². The van der Waals surface area contributed by atoms with Gasteiger partial charge in [0.25, 0.3) is 5.91 Å². The van der Waals surface area contributed by atoms with Gasteiger partial charge in [-0.2, -0.15) is 5.26 Å². The first kappa shape index (κ1) is 16.2. The molecule has 0 aliphatic carbocycles. The van der Waals surface area contributed by atoms with Gasteiger partial charge < -0.3 is 5.32 Å². The molecular weight excluding hydrogens is 300 g/mol. The summed E-state index contributed by atoms with van der Waals surface area (Å²) in [6.07, 6.45) is 4.71. The Morgan fingerprint density at radius 3 is 3.04 bits per heavy atom. The molecule has 1 aromatic heterocycles. The molecule has 0 saturated carbocycles. The molecule has 1 fully saturated rings. The second kappa shape index (κ2) is 7.24. The molecule has 0 spiro atoms. The second-order valence-electron chi connectivity index (χ2n) is 6.16. The molecular formula is C19H20N4O. The van der Waals surface area contributed by atoms with E-state index in [-0.39, 0.29) is 11.9 Å². The summed E-state index contributed by atoms with van der Waals surface area (Å²) in [7, 11) is 2.11. The van der Waals surface area contributed by atoms with Gasteiger partial charge in [0.05, 0.1) is 11.6 Å². The number of benzene rings is 1. The second-order valence-corrected chi connectivity index (χ2v) is 6.16. The van der Waals surface area contributed by atoms with Crippen molar-refractivity contribution in [2.24, 2.45) is 5.92 Å². The van der Waals surface area contributed by atoms with Gasteiger partial charge in [0.1, 0.15) is 0 Å². The SMILES string of the molecule is CN1CC[C@@H](CNC(=O)c2cccc(C#N)c2)[C@@H]1c1cccnc1. The lowest BCUT2D eigenvalue weighted by Gasteiger charge is -2.25. The third kappa shape index (κ3) is 3.44. The zero-order valence-corrected chi connectivity index (χ0v) is 13.6. The first-order valence-electron chi connectivity index (χ1n) is 8.07. The van der Waals surface area contributed by atoms with Crippen LogP contribution >= 0.6 is 0 Å². The van der Waals surface area contributed by atoms with Crippen LogP contribution in [0.3, 0.4) is 0 Å². The molecule has 1 amide bonds. The average molecular weight is 320 g/mol. The van der Waals surface area contributed by atoms with Gasteiger partial charge in [-0.1, -0.05) is 12.1 Å². The number of rotatable bonds is 4. The van der Waals surface area contributed by atoms with Gasteiger partial charge in [-0.05, 0) is 55.8 Å². The summed E-state index contributed by atoms with van der Waals surface area (Å²) in [6.45, 7) is 1.61. The monoisotopic (exact) mass is 320 g/mol. The quantitative estimate of drug-likeness (QED) is 0.939. The van der Waals surface area contributed by atoms with E-state index >= 15 is 0 Å². The van der Waals surface area contributed by atoms with E-state index in [1.165, 1.54) is 5.56 Å². The van der Waals surface area contributed by atoms with Crippen LogP contribution in [0.2, 0.25) is 0 Å². The Kier molecular flexibility index (Phi) is 4.88. The molecule has 3 rings (SSSR count). The Bertz CT molecular complexity index is 753. The number of carbonyl (C=O) groups excluding carboxylic acids is 1. The first-order valence-corrected chi connectivity index (χ1v) is 8.07. The highest BCUT2D eigenvalue weighted by Crippen LogP contribution is 2.35. The molecule has 1 saturated heterocycles. The van der Waals surface area contributed by atoms with E-state index < -0.39 is 0 Å². The van der Waals surface area contributed by atoms with E-state index in [1.54, 1.807) is 30.5 Å². The van der Waals surface area contributed by atoms with Crippen LogP contribution in [-0.4, -0.2) is 35.9 Å². The summed E-state index contributed by atoms with van der Waals surface area (Å²) >= 11 is 0. The Balaban J connectivity index is 1.67. The number of hydrogen-bond donors (Lipinski definition) is 1. The minimum absolute atomic E-state index is 0.133. The number of nitrogens with zero attached hydrogens (tertiary/aromatic N) is 3. The highest BCUT2D eigenvalue weighted by atomic mass is 16.1. The van der Waals surface area contributed by atoms with E-state index in [2.05, 4.69) is 34.4 Å². The molecule has 0 radical (unpaired) electrons. The van der Waals surface area contributed by atoms with E-state index in [0.29, 0.717) is 23.6 Å². The molecule has 2 aromatic rings. The molecule has 0 unspecified atom stereocenters. The van der Waals surface area contributed by atoms with Crippen LogP contribution in [0, 0.1) is 17.2 Å². The molecule has 1 aliphatic rings. The predicted molar refractivity (Wildman–Crippen MR) is 91.2 cm³/mol. The molecule has 0 bridgehead atoms. The van der Waals surface area contributed by atoms with Crippen molar-refractivity contribution in [3.63, 3.8) is 0 Å². The Hall–Kier alpha value is -2.71. The number of nitriles is 1. The van der Waals surface area contributed by atoms with Crippen LogP contribution in [0.15, 0.2) is 48.8 Å².